The van der Waals surface area contributed by atoms with E-state index in [-0.39, 0.29) is 11.1 Å². The van der Waals surface area contributed by atoms with Crippen LogP contribution in [0.25, 0.3) is 11.1 Å². The van der Waals surface area contributed by atoms with Gasteiger partial charge in [0.05, 0.1) is 0 Å². The summed E-state index contributed by atoms with van der Waals surface area (Å²) in [5.41, 5.74) is 0.980. The minimum absolute atomic E-state index is 0.0858. The molecule has 0 radical (unpaired) electrons. The Bertz CT molecular complexity index is 778. The lowest BCUT2D eigenvalue weighted by molar-refractivity contribution is 0.620. The van der Waals surface area contributed by atoms with Crippen LogP contribution in [0.1, 0.15) is 16.8 Å². The minimum atomic E-state index is -0.509. The lowest BCUT2D eigenvalue weighted by atomic mass is 9.99. The number of halogens is 3. The number of aromatic nitrogens is 1. The monoisotopic (exact) mass is 398 g/mol. The van der Waals surface area contributed by atoms with E-state index in [1.54, 1.807) is 25.1 Å². The Morgan fingerprint density at radius 2 is 2.10 bits per heavy atom. The number of pyridine rings is 1. The number of nitrogens with zero attached hydrogens (tertiary/aromatic N) is 1. The van der Waals surface area contributed by atoms with Crippen LogP contribution < -0.4 is 5.56 Å². The number of nitriles is 1. The third-order valence-electron chi connectivity index (χ3n) is 2.89. The molecule has 1 heterocycles. The van der Waals surface area contributed by atoms with Crippen LogP contribution in [0.3, 0.4) is 0 Å². The second-order valence-corrected chi connectivity index (χ2v) is 5.62. The summed E-state index contributed by atoms with van der Waals surface area (Å²) < 4.78 is 15.2. The van der Waals surface area contributed by atoms with Crippen molar-refractivity contribution in [2.24, 2.45) is 0 Å². The van der Waals surface area contributed by atoms with Gasteiger partial charge in [0.2, 0.25) is 0 Å². The fourth-order valence-corrected chi connectivity index (χ4v) is 3.31. The molecule has 0 aliphatic rings. The van der Waals surface area contributed by atoms with E-state index in [9.17, 15) is 9.18 Å². The van der Waals surface area contributed by atoms with Crippen LogP contribution in [-0.4, -0.2) is 4.98 Å². The highest BCUT2D eigenvalue weighted by atomic mass is 79.9. The van der Waals surface area contributed by atoms with Crippen LogP contribution in [0.15, 0.2) is 27.5 Å². The smallest absolute Gasteiger partial charge is 0.266 e. The number of benzene rings is 1. The third-order valence-corrected chi connectivity index (χ3v) is 4.19. The zero-order valence-corrected chi connectivity index (χ0v) is 13.6. The average Bonchev–Trinajstić information content (AvgIpc) is 2.38. The second-order valence-electron chi connectivity index (χ2n) is 4.20. The van der Waals surface area contributed by atoms with Gasteiger partial charge in [0.25, 0.3) is 5.56 Å². The number of aryl methyl sites for hydroxylation is 1. The summed E-state index contributed by atoms with van der Waals surface area (Å²) in [5.74, 6) is -0.447. The Labute approximate surface area is 131 Å². The highest BCUT2D eigenvalue weighted by Gasteiger charge is 2.17. The maximum Gasteiger partial charge on any atom is 0.266 e. The van der Waals surface area contributed by atoms with E-state index in [1.165, 1.54) is 0 Å². The van der Waals surface area contributed by atoms with Crippen LogP contribution in [0.2, 0.25) is 0 Å². The van der Waals surface area contributed by atoms with Crippen LogP contribution in [0.5, 0.6) is 0 Å². The zero-order chi connectivity index (χ0) is 14.9. The quantitative estimate of drug-likeness (QED) is 0.775. The lowest BCUT2D eigenvalue weighted by Crippen LogP contribution is -2.13. The molecule has 0 fully saturated rings. The van der Waals surface area contributed by atoms with Gasteiger partial charge in [-0.15, -0.1) is 0 Å². The summed E-state index contributed by atoms with van der Waals surface area (Å²) in [5, 5.41) is 9.44. The van der Waals surface area contributed by atoms with Gasteiger partial charge >= 0.3 is 0 Å². The molecule has 0 saturated heterocycles. The first-order valence-electron chi connectivity index (χ1n) is 5.66. The maximum absolute atomic E-state index is 14.5. The number of rotatable bonds is 2. The van der Waals surface area contributed by atoms with E-state index in [0.717, 1.165) is 0 Å². The van der Waals surface area contributed by atoms with Crippen molar-refractivity contribution in [2.75, 3.05) is 0 Å². The van der Waals surface area contributed by atoms with E-state index in [0.29, 0.717) is 26.6 Å². The highest BCUT2D eigenvalue weighted by molar-refractivity contribution is 9.10. The van der Waals surface area contributed by atoms with Crippen molar-refractivity contribution < 1.29 is 4.39 Å². The molecule has 0 atom stereocenters. The van der Waals surface area contributed by atoms with Crippen LogP contribution in [0, 0.1) is 24.1 Å². The molecule has 0 aliphatic heterocycles. The molecule has 0 saturated carbocycles. The Morgan fingerprint density at radius 3 is 2.70 bits per heavy atom. The first-order chi connectivity index (χ1) is 9.49. The van der Waals surface area contributed by atoms with E-state index < -0.39 is 11.4 Å². The normalized spacial score (nSPS) is 10.3. The van der Waals surface area contributed by atoms with E-state index >= 15 is 0 Å². The summed E-state index contributed by atoms with van der Waals surface area (Å²) in [7, 11) is 0. The number of hydrogen-bond acceptors (Lipinski definition) is 2. The van der Waals surface area contributed by atoms with Gasteiger partial charge in [-0.1, -0.05) is 37.9 Å². The van der Waals surface area contributed by atoms with Crippen molar-refractivity contribution in [2.45, 2.75) is 12.3 Å². The Morgan fingerprint density at radius 1 is 1.40 bits per heavy atom. The molecule has 0 amide bonds. The number of alkyl halides is 1. The first kappa shape index (κ1) is 14.9. The fraction of sp³-hybridized carbons (Fsp3) is 0.143. The van der Waals surface area contributed by atoms with Gasteiger partial charge in [-0.3, -0.25) is 4.79 Å². The molecule has 2 rings (SSSR count). The van der Waals surface area contributed by atoms with Crippen molar-refractivity contribution in [3.8, 4) is 17.2 Å². The van der Waals surface area contributed by atoms with Crippen molar-refractivity contribution >= 4 is 31.9 Å². The van der Waals surface area contributed by atoms with Crippen molar-refractivity contribution in [3.63, 3.8) is 0 Å². The van der Waals surface area contributed by atoms with Gasteiger partial charge in [-0.25, -0.2) is 4.39 Å². The van der Waals surface area contributed by atoms with Crippen LogP contribution in [-0.2, 0) is 5.33 Å². The molecule has 1 N–H and O–H groups in total. The number of nitrogens with one attached hydrogen (secondary N) is 1. The van der Waals surface area contributed by atoms with E-state index in [4.69, 9.17) is 5.26 Å². The molecule has 20 heavy (non-hydrogen) atoms. The van der Waals surface area contributed by atoms with Gasteiger partial charge in [-0.05, 0) is 19.1 Å². The predicted molar refractivity (Wildman–Crippen MR) is 82.2 cm³/mol. The standard InChI is InChI=1S/C14H9Br2FN2O/c1-7-4-9(11(6-18)14(20)19-7)8-2-3-12(16)10(5-15)13(8)17/h2-4H,5H2,1H3,(H,19,20). The van der Waals surface area contributed by atoms with Gasteiger partial charge in [-0.2, -0.15) is 5.26 Å². The average molecular weight is 400 g/mol. The fourth-order valence-electron chi connectivity index (χ4n) is 1.94. The highest BCUT2D eigenvalue weighted by Crippen LogP contribution is 2.32. The van der Waals surface area contributed by atoms with Crippen molar-refractivity contribution in [1.29, 1.82) is 5.26 Å². The molecule has 1 aromatic heterocycles. The summed E-state index contributed by atoms with van der Waals surface area (Å²) >= 11 is 6.50. The second kappa shape index (κ2) is 5.90. The summed E-state index contributed by atoms with van der Waals surface area (Å²) in [4.78, 5) is 14.3. The summed E-state index contributed by atoms with van der Waals surface area (Å²) in [6.07, 6.45) is 0. The van der Waals surface area contributed by atoms with Crippen LogP contribution >= 0.6 is 31.9 Å². The SMILES string of the molecule is Cc1cc(-c2ccc(Br)c(CBr)c2F)c(C#N)c(=O)[nH]1. The van der Waals surface area contributed by atoms with Crippen LogP contribution in [0.4, 0.5) is 4.39 Å². The Hall–Kier alpha value is -1.45. The van der Waals surface area contributed by atoms with Gasteiger partial charge in [0, 0.05) is 32.2 Å². The summed E-state index contributed by atoms with van der Waals surface area (Å²) in [6.45, 7) is 1.69. The molecule has 0 unspecified atom stereocenters. The molecule has 1 aromatic carbocycles. The number of hydrogen-bond donors (Lipinski definition) is 1. The Kier molecular flexibility index (Phi) is 4.41. The van der Waals surface area contributed by atoms with Gasteiger partial charge < -0.3 is 4.98 Å². The molecule has 3 nitrogen and oxygen atoms in total. The maximum atomic E-state index is 14.5. The number of aromatic amines is 1. The first-order valence-corrected chi connectivity index (χ1v) is 7.58. The van der Waals surface area contributed by atoms with Gasteiger partial charge in [0.15, 0.2) is 0 Å². The minimum Gasteiger partial charge on any atom is -0.325 e. The van der Waals surface area contributed by atoms with Crippen molar-refractivity contribution in [1.82, 2.24) is 4.98 Å². The number of H-pyrrole nitrogens is 1. The molecule has 102 valence electrons. The lowest BCUT2D eigenvalue weighted by Gasteiger charge is -2.10. The molecule has 6 heteroatoms. The van der Waals surface area contributed by atoms with Crippen molar-refractivity contribution in [3.05, 3.63) is 55.7 Å². The summed E-state index contributed by atoms with van der Waals surface area (Å²) in [6, 6.07) is 6.69. The molecular formula is C14H9Br2FN2O. The van der Waals surface area contributed by atoms with E-state index in [1.807, 2.05) is 6.07 Å². The molecule has 0 bridgehead atoms. The largest absolute Gasteiger partial charge is 0.325 e. The topological polar surface area (TPSA) is 56.6 Å². The molecular weight excluding hydrogens is 391 g/mol. The zero-order valence-electron chi connectivity index (χ0n) is 10.4. The molecule has 0 aliphatic carbocycles. The molecule has 2 aromatic rings. The van der Waals surface area contributed by atoms with E-state index in [2.05, 4.69) is 36.8 Å². The Balaban J connectivity index is 2.83. The predicted octanol–water partition coefficient (Wildman–Crippen LogP) is 4.02. The van der Waals surface area contributed by atoms with Gasteiger partial charge in [0.1, 0.15) is 17.4 Å². The molecule has 0 spiro atoms. The third kappa shape index (κ3) is 2.56.